The van der Waals surface area contributed by atoms with Gasteiger partial charge in [-0.2, -0.15) is 13.2 Å². The van der Waals surface area contributed by atoms with E-state index in [2.05, 4.69) is 10.2 Å². The van der Waals surface area contributed by atoms with Crippen molar-refractivity contribution in [2.75, 3.05) is 18.0 Å². The number of piperidine rings is 1. The largest absolute Gasteiger partial charge is 0.416 e. The van der Waals surface area contributed by atoms with E-state index in [-0.39, 0.29) is 11.8 Å². The Bertz CT molecular complexity index is 873. The van der Waals surface area contributed by atoms with E-state index in [9.17, 15) is 27.2 Å². The van der Waals surface area contributed by atoms with E-state index in [1.807, 2.05) is 12.1 Å². The summed E-state index contributed by atoms with van der Waals surface area (Å²) in [6.45, 7) is 0.700. The molecular formula is C21H20F4N2O2. The molecule has 1 aliphatic rings. The highest BCUT2D eigenvalue weighted by Crippen LogP contribution is 2.33. The molecule has 4 nitrogen and oxygen atoms in total. The summed E-state index contributed by atoms with van der Waals surface area (Å²) in [7, 11) is 0. The molecule has 3 rings (SSSR count). The summed E-state index contributed by atoms with van der Waals surface area (Å²) in [6, 6.07) is 9.86. The second-order valence-electron chi connectivity index (χ2n) is 6.95. The molecule has 29 heavy (non-hydrogen) atoms. The zero-order valence-corrected chi connectivity index (χ0v) is 15.5. The minimum Gasteiger partial charge on any atom is -0.371 e. The predicted octanol–water partition coefficient (Wildman–Crippen LogP) is 4.19. The molecule has 1 amide bonds. The number of hydrogen-bond acceptors (Lipinski definition) is 3. The standard InChI is InChI=1S/C21H20F4N2O2/c22-19-3-1-2-18(21(23,24)25)17(19)12-26-20(29)15-8-10-27(11-9-15)16-6-4-14(13-28)5-7-16/h1-7,13,15H,8-12H2,(H,26,29). The number of alkyl halides is 3. The fourth-order valence-electron chi connectivity index (χ4n) is 3.49. The number of nitrogens with one attached hydrogen (secondary N) is 1. The number of aldehydes is 1. The zero-order chi connectivity index (χ0) is 21.0. The molecule has 0 radical (unpaired) electrons. The van der Waals surface area contributed by atoms with Crippen molar-refractivity contribution in [1.29, 1.82) is 0 Å². The van der Waals surface area contributed by atoms with Crippen molar-refractivity contribution in [1.82, 2.24) is 5.32 Å². The van der Waals surface area contributed by atoms with Gasteiger partial charge in [-0.1, -0.05) is 6.07 Å². The molecule has 2 aromatic rings. The van der Waals surface area contributed by atoms with E-state index in [1.54, 1.807) is 12.1 Å². The number of nitrogens with zero attached hydrogens (tertiary/aromatic N) is 1. The van der Waals surface area contributed by atoms with Crippen LogP contribution in [-0.4, -0.2) is 25.3 Å². The second-order valence-corrected chi connectivity index (χ2v) is 6.95. The summed E-state index contributed by atoms with van der Waals surface area (Å²) in [5.74, 6) is -1.72. The Balaban J connectivity index is 1.57. The van der Waals surface area contributed by atoms with Gasteiger partial charge in [-0.15, -0.1) is 0 Å². The van der Waals surface area contributed by atoms with Gasteiger partial charge in [-0.3, -0.25) is 9.59 Å². The fourth-order valence-corrected chi connectivity index (χ4v) is 3.49. The normalized spacial score (nSPS) is 15.2. The molecule has 0 spiro atoms. The molecule has 1 N–H and O–H groups in total. The molecule has 1 aliphatic heterocycles. The van der Waals surface area contributed by atoms with Gasteiger partial charge in [0.25, 0.3) is 0 Å². The first-order valence-electron chi connectivity index (χ1n) is 9.22. The minimum atomic E-state index is -4.69. The first kappa shape index (κ1) is 20.8. The van der Waals surface area contributed by atoms with Crippen LogP contribution in [0.25, 0.3) is 0 Å². The average Bonchev–Trinajstić information content (AvgIpc) is 2.72. The zero-order valence-electron chi connectivity index (χ0n) is 15.5. The number of carbonyl (C=O) groups is 2. The predicted molar refractivity (Wildman–Crippen MR) is 100 cm³/mol. The minimum absolute atomic E-state index is 0.346. The molecule has 0 bridgehead atoms. The molecule has 0 atom stereocenters. The molecule has 1 heterocycles. The average molecular weight is 408 g/mol. The van der Waals surface area contributed by atoms with Crippen LogP contribution in [0, 0.1) is 11.7 Å². The summed E-state index contributed by atoms with van der Waals surface area (Å²) in [5.41, 5.74) is -0.113. The number of benzene rings is 2. The third kappa shape index (κ3) is 4.93. The Hall–Kier alpha value is -2.90. The summed E-state index contributed by atoms with van der Waals surface area (Å²) >= 11 is 0. The number of anilines is 1. The number of hydrogen-bond donors (Lipinski definition) is 1. The lowest BCUT2D eigenvalue weighted by Gasteiger charge is -2.33. The molecule has 1 saturated heterocycles. The van der Waals surface area contributed by atoms with E-state index < -0.39 is 29.7 Å². The van der Waals surface area contributed by atoms with Crippen molar-refractivity contribution in [3.8, 4) is 0 Å². The highest BCUT2D eigenvalue weighted by molar-refractivity contribution is 5.79. The number of amides is 1. The van der Waals surface area contributed by atoms with Gasteiger partial charge in [0.1, 0.15) is 12.1 Å². The Kier molecular flexibility index (Phi) is 6.20. The second kappa shape index (κ2) is 8.63. The van der Waals surface area contributed by atoms with E-state index >= 15 is 0 Å². The van der Waals surface area contributed by atoms with Gasteiger partial charge in [0.2, 0.25) is 5.91 Å². The van der Waals surface area contributed by atoms with Crippen LogP contribution in [0.2, 0.25) is 0 Å². The van der Waals surface area contributed by atoms with Crippen molar-refractivity contribution >= 4 is 17.9 Å². The molecule has 0 aliphatic carbocycles. The third-order valence-corrected chi connectivity index (χ3v) is 5.12. The van der Waals surface area contributed by atoms with E-state index in [0.29, 0.717) is 31.5 Å². The highest BCUT2D eigenvalue weighted by atomic mass is 19.4. The van der Waals surface area contributed by atoms with Crippen molar-refractivity contribution in [2.45, 2.75) is 25.6 Å². The monoisotopic (exact) mass is 408 g/mol. The molecule has 8 heteroatoms. The smallest absolute Gasteiger partial charge is 0.371 e. The van der Waals surface area contributed by atoms with Crippen molar-refractivity contribution in [3.63, 3.8) is 0 Å². The van der Waals surface area contributed by atoms with Gasteiger partial charge in [0, 0.05) is 42.4 Å². The summed E-state index contributed by atoms with van der Waals surface area (Å²) in [5, 5.41) is 2.46. The van der Waals surface area contributed by atoms with Gasteiger partial charge in [0.15, 0.2) is 0 Å². The van der Waals surface area contributed by atoms with Crippen LogP contribution in [0.3, 0.4) is 0 Å². The molecule has 0 unspecified atom stereocenters. The van der Waals surface area contributed by atoms with Gasteiger partial charge in [-0.25, -0.2) is 4.39 Å². The van der Waals surface area contributed by atoms with Crippen molar-refractivity contribution < 1.29 is 27.2 Å². The maximum absolute atomic E-state index is 13.9. The Morgan fingerprint density at radius 1 is 1.10 bits per heavy atom. The molecule has 2 aromatic carbocycles. The van der Waals surface area contributed by atoms with Gasteiger partial charge < -0.3 is 10.2 Å². The summed E-state index contributed by atoms with van der Waals surface area (Å²) in [4.78, 5) is 25.2. The van der Waals surface area contributed by atoms with Crippen LogP contribution in [-0.2, 0) is 17.5 Å². The van der Waals surface area contributed by atoms with Crippen LogP contribution in [0.1, 0.15) is 34.3 Å². The lowest BCUT2D eigenvalue weighted by atomic mass is 9.95. The lowest BCUT2D eigenvalue weighted by molar-refractivity contribution is -0.138. The SMILES string of the molecule is O=Cc1ccc(N2CCC(C(=O)NCc3c(F)cccc3C(F)(F)F)CC2)cc1. The van der Waals surface area contributed by atoms with E-state index in [1.165, 1.54) is 0 Å². The highest BCUT2D eigenvalue weighted by Gasteiger charge is 2.34. The van der Waals surface area contributed by atoms with E-state index in [4.69, 9.17) is 0 Å². The van der Waals surface area contributed by atoms with Crippen molar-refractivity contribution in [3.05, 3.63) is 65.0 Å². The number of rotatable bonds is 5. The Labute approximate surface area is 165 Å². The van der Waals surface area contributed by atoms with Crippen LogP contribution in [0.15, 0.2) is 42.5 Å². The molecule has 1 fully saturated rings. The molecule has 154 valence electrons. The number of carbonyl (C=O) groups excluding carboxylic acids is 2. The van der Waals surface area contributed by atoms with Crippen LogP contribution >= 0.6 is 0 Å². The maximum atomic E-state index is 13.9. The van der Waals surface area contributed by atoms with Crippen molar-refractivity contribution in [2.24, 2.45) is 5.92 Å². The molecule has 0 saturated carbocycles. The Morgan fingerprint density at radius 2 is 1.76 bits per heavy atom. The van der Waals surface area contributed by atoms with Crippen LogP contribution in [0.5, 0.6) is 0 Å². The van der Waals surface area contributed by atoms with Gasteiger partial charge in [0.05, 0.1) is 5.56 Å². The first-order chi connectivity index (χ1) is 13.8. The van der Waals surface area contributed by atoms with Gasteiger partial charge >= 0.3 is 6.18 Å². The molecule has 0 aromatic heterocycles. The first-order valence-corrected chi connectivity index (χ1v) is 9.22. The lowest BCUT2D eigenvalue weighted by Crippen LogP contribution is -2.40. The quantitative estimate of drug-likeness (QED) is 0.596. The summed E-state index contributed by atoms with van der Waals surface area (Å²) in [6.07, 6.45) is -2.86. The van der Waals surface area contributed by atoms with E-state index in [0.717, 1.165) is 30.2 Å². The fraction of sp³-hybridized carbons (Fsp3) is 0.333. The van der Waals surface area contributed by atoms with Crippen LogP contribution in [0.4, 0.5) is 23.2 Å². The topological polar surface area (TPSA) is 49.4 Å². The third-order valence-electron chi connectivity index (χ3n) is 5.12. The number of halogens is 4. The van der Waals surface area contributed by atoms with Crippen LogP contribution < -0.4 is 10.2 Å². The maximum Gasteiger partial charge on any atom is 0.416 e. The van der Waals surface area contributed by atoms with Gasteiger partial charge in [-0.05, 0) is 49.2 Å². The summed E-state index contributed by atoms with van der Waals surface area (Å²) < 4.78 is 53.1. The molecular weight excluding hydrogens is 388 g/mol. The Morgan fingerprint density at radius 3 is 2.34 bits per heavy atom.